The smallest absolute Gasteiger partial charge is 0.147 e. The summed E-state index contributed by atoms with van der Waals surface area (Å²) in [5.74, 6) is 0.167. The van der Waals surface area contributed by atoms with Gasteiger partial charge in [-0.15, -0.1) is 0 Å². The van der Waals surface area contributed by atoms with Crippen LogP contribution in [0.4, 0.5) is 0 Å². The van der Waals surface area contributed by atoms with E-state index in [1.54, 1.807) is 0 Å². The normalized spacial score (nSPS) is 14.4. The van der Waals surface area contributed by atoms with Crippen molar-refractivity contribution in [1.29, 1.82) is 0 Å². The summed E-state index contributed by atoms with van der Waals surface area (Å²) in [6.45, 7) is 3.21. The molecule has 2 N–H and O–H groups in total. The van der Waals surface area contributed by atoms with Gasteiger partial charge in [0, 0.05) is 25.5 Å². The Morgan fingerprint density at radius 2 is 2.00 bits per heavy atom. The molecule has 80 valence electrons. The van der Waals surface area contributed by atoms with Crippen LogP contribution in [0.25, 0.3) is 0 Å². The fourth-order valence-electron chi connectivity index (χ4n) is 0.889. The molecule has 5 heteroatoms. The lowest BCUT2D eigenvalue weighted by Gasteiger charge is -2.09. The second kappa shape index (κ2) is 6.34. The van der Waals surface area contributed by atoms with Crippen LogP contribution in [-0.2, 0) is 14.6 Å². The maximum atomic E-state index is 10.8. The Bertz CT molecular complexity index is 213. The minimum atomic E-state index is -2.87. The van der Waals surface area contributed by atoms with Crippen molar-refractivity contribution in [2.75, 3.05) is 25.2 Å². The van der Waals surface area contributed by atoms with Gasteiger partial charge < -0.3 is 10.5 Å². The number of sulfone groups is 1. The van der Waals surface area contributed by atoms with Crippen LogP contribution in [0.3, 0.4) is 0 Å². The number of hydrogen-bond donors (Lipinski definition) is 1. The summed E-state index contributed by atoms with van der Waals surface area (Å²) in [5, 5.41) is 0. The first-order valence-electron chi connectivity index (χ1n) is 4.46. The molecule has 0 saturated heterocycles. The third kappa shape index (κ3) is 9.79. The van der Waals surface area contributed by atoms with Crippen molar-refractivity contribution in [2.45, 2.75) is 25.8 Å². The second-order valence-corrected chi connectivity index (χ2v) is 5.42. The number of rotatable bonds is 7. The number of ether oxygens (including phenoxy) is 1. The highest BCUT2D eigenvalue weighted by atomic mass is 32.2. The third-order valence-corrected chi connectivity index (χ3v) is 2.67. The lowest BCUT2D eigenvalue weighted by Crippen LogP contribution is -2.25. The fourth-order valence-corrected chi connectivity index (χ4v) is 1.62. The molecule has 0 aliphatic rings. The van der Waals surface area contributed by atoms with Crippen molar-refractivity contribution in [3.63, 3.8) is 0 Å². The van der Waals surface area contributed by atoms with Crippen molar-refractivity contribution in [1.82, 2.24) is 0 Å². The molecule has 4 nitrogen and oxygen atoms in total. The quantitative estimate of drug-likeness (QED) is 0.607. The Labute approximate surface area is 80.4 Å². The monoisotopic (exact) mass is 209 g/mol. The summed E-state index contributed by atoms with van der Waals surface area (Å²) in [7, 11) is -2.87. The van der Waals surface area contributed by atoms with E-state index in [1.807, 2.05) is 6.92 Å². The second-order valence-electron chi connectivity index (χ2n) is 3.16. The molecule has 1 unspecified atom stereocenters. The molecule has 0 fully saturated rings. The van der Waals surface area contributed by atoms with Crippen LogP contribution in [0.5, 0.6) is 0 Å². The molecule has 0 radical (unpaired) electrons. The molecule has 0 aliphatic heterocycles. The van der Waals surface area contributed by atoms with E-state index < -0.39 is 9.84 Å². The maximum Gasteiger partial charge on any atom is 0.147 e. The van der Waals surface area contributed by atoms with Gasteiger partial charge in [0.25, 0.3) is 0 Å². The Hall–Kier alpha value is -0.130. The van der Waals surface area contributed by atoms with Gasteiger partial charge in [-0.2, -0.15) is 0 Å². The van der Waals surface area contributed by atoms with E-state index in [0.717, 1.165) is 6.42 Å². The minimum absolute atomic E-state index is 0.0683. The maximum absolute atomic E-state index is 10.8. The summed E-state index contributed by atoms with van der Waals surface area (Å²) in [6.07, 6.45) is 2.47. The Balaban J connectivity index is 3.46. The molecule has 13 heavy (non-hydrogen) atoms. The van der Waals surface area contributed by atoms with E-state index in [0.29, 0.717) is 19.6 Å². The highest BCUT2D eigenvalue weighted by Gasteiger charge is 2.07. The van der Waals surface area contributed by atoms with Crippen molar-refractivity contribution < 1.29 is 13.2 Å². The fraction of sp³-hybridized carbons (Fsp3) is 1.00. The minimum Gasteiger partial charge on any atom is -0.382 e. The zero-order chi connectivity index (χ0) is 10.3. The molecule has 0 aromatic rings. The zero-order valence-electron chi connectivity index (χ0n) is 8.32. The first kappa shape index (κ1) is 12.9. The first-order valence-corrected chi connectivity index (χ1v) is 6.53. The average molecular weight is 209 g/mol. The van der Waals surface area contributed by atoms with Crippen LogP contribution in [0.15, 0.2) is 0 Å². The largest absolute Gasteiger partial charge is 0.382 e. The van der Waals surface area contributed by atoms with Gasteiger partial charge in [-0.1, -0.05) is 0 Å². The first-order chi connectivity index (χ1) is 5.95. The number of hydrogen-bond acceptors (Lipinski definition) is 4. The highest BCUT2D eigenvalue weighted by Crippen LogP contribution is 1.98. The number of nitrogens with two attached hydrogens (primary N) is 1. The molecule has 0 heterocycles. The van der Waals surface area contributed by atoms with Gasteiger partial charge in [-0.25, -0.2) is 8.42 Å². The van der Waals surface area contributed by atoms with Gasteiger partial charge in [-0.3, -0.25) is 0 Å². The molecular weight excluding hydrogens is 190 g/mol. The van der Waals surface area contributed by atoms with Gasteiger partial charge in [0.15, 0.2) is 0 Å². The molecule has 0 aromatic carbocycles. The van der Waals surface area contributed by atoms with E-state index in [2.05, 4.69) is 0 Å². The van der Waals surface area contributed by atoms with Gasteiger partial charge in [0.2, 0.25) is 0 Å². The van der Waals surface area contributed by atoms with Crippen LogP contribution in [0.2, 0.25) is 0 Å². The van der Waals surface area contributed by atoms with Crippen LogP contribution in [0, 0.1) is 0 Å². The van der Waals surface area contributed by atoms with Gasteiger partial charge in [0.05, 0.1) is 5.75 Å². The SMILES string of the molecule is CCOCCC(N)CCS(C)(=O)=O. The summed E-state index contributed by atoms with van der Waals surface area (Å²) in [5.41, 5.74) is 5.68. The lowest BCUT2D eigenvalue weighted by molar-refractivity contribution is 0.139. The van der Waals surface area contributed by atoms with Crippen LogP contribution in [-0.4, -0.2) is 39.7 Å². The van der Waals surface area contributed by atoms with Gasteiger partial charge in [-0.05, 0) is 19.8 Å². The molecule has 0 bridgehead atoms. The summed E-state index contributed by atoms with van der Waals surface area (Å²) in [4.78, 5) is 0. The van der Waals surface area contributed by atoms with Crippen LogP contribution in [0.1, 0.15) is 19.8 Å². The Kier molecular flexibility index (Phi) is 6.28. The molecular formula is C8H19NO3S. The standard InChI is InChI=1S/C8H19NO3S/c1-3-12-6-4-8(9)5-7-13(2,10)11/h8H,3-7,9H2,1-2H3. The van der Waals surface area contributed by atoms with Crippen molar-refractivity contribution in [3.05, 3.63) is 0 Å². The van der Waals surface area contributed by atoms with E-state index in [4.69, 9.17) is 10.5 Å². The van der Waals surface area contributed by atoms with Crippen LogP contribution < -0.4 is 5.73 Å². The molecule has 0 rings (SSSR count). The lowest BCUT2D eigenvalue weighted by atomic mass is 10.2. The van der Waals surface area contributed by atoms with Crippen molar-refractivity contribution >= 4 is 9.84 Å². The van der Waals surface area contributed by atoms with E-state index in [9.17, 15) is 8.42 Å². The van der Waals surface area contributed by atoms with E-state index in [1.165, 1.54) is 6.26 Å². The predicted molar refractivity (Wildman–Crippen MR) is 53.4 cm³/mol. The summed E-state index contributed by atoms with van der Waals surface area (Å²) in [6, 6.07) is -0.0683. The highest BCUT2D eigenvalue weighted by molar-refractivity contribution is 7.90. The molecule has 0 saturated carbocycles. The molecule has 0 spiro atoms. The third-order valence-electron chi connectivity index (χ3n) is 1.70. The molecule has 0 aromatic heterocycles. The summed E-state index contributed by atoms with van der Waals surface area (Å²) >= 11 is 0. The van der Waals surface area contributed by atoms with E-state index in [-0.39, 0.29) is 11.8 Å². The van der Waals surface area contributed by atoms with Crippen molar-refractivity contribution in [3.8, 4) is 0 Å². The van der Waals surface area contributed by atoms with Gasteiger partial charge in [0.1, 0.15) is 9.84 Å². The van der Waals surface area contributed by atoms with Gasteiger partial charge >= 0.3 is 0 Å². The topological polar surface area (TPSA) is 69.4 Å². The van der Waals surface area contributed by atoms with Crippen LogP contribution >= 0.6 is 0 Å². The molecule has 1 atom stereocenters. The summed E-state index contributed by atoms with van der Waals surface area (Å²) < 4.78 is 26.7. The Morgan fingerprint density at radius 1 is 1.38 bits per heavy atom. The average Bonchev–Trinajstić information content (AvgIpc) is 2.00. The molecule has 0 amide bonds. The zero-order valence-corrected chi connectivity index (χ0v) is 9.14. The Morgan fingerprint density at radius 3 is 2.46 bits per heavy atom. The van der Waals surface area contributed by atoms with Crippen molar-refractivity contribution in [2.24, 2.45) is 5.73 Å². The predicted octanol–water partition coefficient (Wildman–Crippen LogP) is 0.175. The van der Waals surface area contributed by atoms with E-state index >= 15 is 0 Å². The molecule has 0 aliphatic carbocycles.